The fourth-order valence-electron chi connectivity index (χ4n) is 2.47. The number of aromatic nitrogens is 1. The van der Waals surface area contributed by atoms with Crippen molar-refractivity contribution in [2.24, 2.45) is 0 Å². The normalized spacial score (nSPS) is 11.7. The average Bonchev–Trinajstić information content (AvgIpc) is 3.03. The largest absolute Gasteiger partial charge is 0.376 e. The average molecular weight is 404 g/mol. The minimum absolute atomic E-state index is 0.106. The van der Waals surface area contributed by atoms with Gasteiger partial charge in [-0.15, -0.1) is 11.3 Å². The molecule has 0 aliphatic carbocycles. The van der Waals surface area contributed by atoms with E-state index in [-0.39, 0.29) is 17.3 Å². The van der Waals surface area contributed by atoms with Gasteiger partial charge in [-0.25, -0.2) is 13.4 Å². The van der Waals surface area contributed by atoms with Crippen LogP contribution >= 0.6 is 11.3 Å². The summed E-state index contributed by atoms with van der Waals surface area (Å²) in [6.07, 6.45) is 1.15. The molecular formula is C19H21N3O3S2. The lowest BCUT2D eigenvalue weighted by Gasteiger charge is -2.08. The number of carbonyl (C=O) groups is 1. The Hall–Kier alpha value is -2.45. The highest BCUT2D eigenvalue weighted by Gasteiger charge is 2.09. The first-order valence-electron chi connectivity index (χ1n) is 8.47. The molecule has 27 heavy (non-hydrogen) atoms. The van der Waals surface area contributed by atoms with Crippen molar-refractivity contribution in [2.45, 2.75) is 24.7 Å². The molecule has 2 aromatic carbocycles. The Morgan fingerprint density at radius 1 is 1.11 bits per heavy atom. The molecule has 1 heterocycles. The van der Waals surface area contributed by atoms with E-state index in [1.807, 2.05) is 18.2 Å². The number of rotatable bonds is 6. The van der Waals surface area contributed by atoms with E-state index in [2.05, 4.69) is 29.5 Å². The number of carbonyl (C=O) groups excluding carboxylic acids is 1. The lowest BCUT2D eigenvalue weighted by Crippen LogP contribution is -2.21. The van der Waals surface area contributed by atoms with Gasteiger partial charge in [-0.1, -0.05) is 13.8 Å². The Bertz CT molecular complexity index is 1070. The van der Waals surface area contributed by atoms with Crippen LogP contribution in [0.25, 0.3) is 10.2 Å². The van der Waals surface area contributed by atoms with Gasteiger partial charge < -0.3 is 10.6 Å². The number of thiazole rings is 1. The Morgan fingerprint density at radius 2 is 1.78 bits per heavy atom. The molecule has 2 N–H and O–H groups in total. The number of hydrogen-bond acceptors (Lipinski definition) is 6. The van der Waals surface area contributed by atoms with Crippen molar-refractivity contribution in [2.75, 3.05) is 23.4 Å². The molecule has 3 aromatic rings. The predicted molar refractivity (Wildman–Crippen MR) is 110 cm³/mol. The number of nitrogens with zero attached hydrogens (tertiary/aromatic N) is 1. The molecule has 0 aliphatic rings. The van der Waals surface area contributed by atoms with Gasteiger partial charge in [0.05, 0.1) is 26.7 Å². The zero-order valence-corrected chi connectivity index (χ0v) is 16.9. The van der Waals surface area contributed by atoms with E-state index in [1.165, 1.54) is 12.1 Å². The molecule has 0 aliphatic heterocycles. The van der Waals surface area contributed by atoms with Crippen molar-refractivity contribution in [1.82, 2.24) is 4.98 Å². The summed E-state index contributed by atoms with van der Waals surface area (Å²) in [5, 5.41) is 6.94. The summed E-state index contributed by atoms with van der Waals surface area (Å²) in [5.41, 5.74) is 2.36. The van der Waals surface area contributed by atoms with Gasteiger partial charge in [-0.2, -0.15) is 0 Å². The number of anilines is 2. The van der Waals surface area contributed by atoms with Crippen LogP contribution in [0.5, 0.6) is 0 Å². The van der Waals surface area contributed by atoms with Crippen LogP contribution in [0.4, 0.5) is 11.4 Å². The van der Waals surface area contributed by atoms with Gasteiger partial charge in [-0.3, -0.25) is 4.79 Å². The first kappa shape index (κ1) is 19.3. The second kappa shape index (κ2) is 7.66. The number of fused-ring (bicyclic) bond motifs is 1. The van der Waals surface area contributed by atoms with E-state index in [9.17, 15) is 13.2 Å². The van der Waals surface area contributed by atoms with Crippen LogP contribution in [0, 0.1) is 0 Å². The zero-order chi connectivity index (χ0) is 19.6. The van der Waals surface area contributed by atoms with Crippen LogP contribution in [-0.4, -0.2) is 32.1 Å². The summed E-state index contributed by atoms with van der Waals surface area (Å²) in [6, 6.07) is 11.9. The van der Waals surface area contributed by atoms with Gasteiger partial charge in [0.15, 0.2) is 9.84 Å². The maximum absolute atomic E-state index is 12.1. The molecule has 3 rings (SSSR count). The van der Waals surface area contributed by atoms with Crippen LogP contribution in [0.3, 0.4) is 0 Å². The molecule has 1 aromatic heterocycles. The highest BCUT2D eigenvalue weighted by Crippen LogP contribution is 2.29. The summed E-state index contributed by atoms with van der Waals surface area (Å²) < 4.78 is 24.0. The quantitative estimate of drug-likeness (QED) is 0.652. The van der Waals surface area contributed by atoms with Crippen molar-refractivity contribution < 1.29 is 13.2 Å². The summed E-state index contributed by atoms with van der Waals surface area (Å²) in [6.45, 7) is 4.34. The minimum Gasteiger partial charge on any atom is -0.376 e. The maximum Gasteiger partial charge on any atom is 0.243 e. The van der Waals surface area contributed by atoms with Gasteiger partial charge >= 0.3 is 0 Å². The molecule has 0 fully saturated rings. The fourth-order valence-corrected chi connectivity index (χ4v) is 4.11. The Morgan fingerprint density at radius 3 is 2.41 bits per heavy atom. The third kappa shape index (κ3) is 4.84. The van der Waals surface area contributed by atoms with Crippen molar-refractivity contribution in [1.29, 1.82) is 0 Å². The van der Waals surface area contributed by atoms with E-state index in [0.717, 1.165) is 27.2 Å². The standard InChI is InChI=1S/C19H21N3O3S2/c1-12(2)19-22-16-9-6-14(10-17(16)26-19)20-11-18(23)21-13-4-7-15(8-5-13)27(3,24)25/h4-10,12,20H,11H2,1-3H3,(H,21,23). The Balaban J connectivity index is 1.61. The number of nitrogens with one attached hydrogen (secondary N) is 2. The van der Waals surface area contributed by atoms with Crippen molar-refractivity contribution in [3.05, 3.63) is 47.5 Å². The van der Waals surface area contributed by atoms with Crippen LogP contribution in [0.1, 0.15) is 24.8 Å². The second-order valence-electron chi connectivity index (χ2n) is 6.59. The third-order valence-electron chi connectivity index (χ3n) is 3.92. The maximum atomic E-state index is 12.1. The molecule has 0 saturated heterocycles. The number of benzene rings is 2. The molecule has 6 nitrogen and oxygen atoms in total. The molecule has 0 saturated carbocycles. The summed E-state index contributed by atoms with van der Waals surface area (Å²) in [7, 11) is -3.25. The van der Waals surface area contributed by atoms with E-state index in [1.54, 1.807) is 23.5 Å². The van der Waals surface area contributed by atoms with Crippen molar-refractivity contribution >= 4 is 48.7 Å². The molecule has 8 heteroatoms. The zero-order valence-electron chi connectivity index (χ0n) is 15.3. The number of sulfone groups is 1. The highest BCUT2D eigenvalue weighted by atomic mass is 32.2. The molecule has 0 unspecified atom stereocenters. The predicted octanol–water partition coefficient (Wildman–Crippen LogP) is 3.87. The van der Waals surface area contributed by atoms with E-state index < -0.39 is 9.84 Å². The number of hydrogen-bond donors (Lipinski definition) is 2. The molecule has 0 radical (unpaired) electrons. The topological polar surface area (TPSA) is 88.2 Å². The highest BCUT2D eigenvalue weighted by molar-refractivity contribution is 7.90. The molecule has 0 bridgehead atoms. The first-order chi connectivity index (χ1) is 12.7. The SMILES string of the molecule is CC(C)c1nc2ccc(NCC(=O)Nc3ccc(S(C)(=O)=O)cc3)cc2s1. The summed E-state index contributed by atoms with van der Waals surface area (Å²) >= 11 is 1.66. The molecule has 0 spiro atoms. The van der Waals surface area contributed by atoms with Gasteiger partial charge in [0.25, 0.3) is 0 Å². The Kier molecular flexibility index (Phi) is 5.48. The molecule has 1 amide bonds. The van der Waals surface area contributed by atoms with Crippen molar-refractivity contribution in [3.8, 4) is 0 Å². The van der Waals surface area contributed by atoms with Crippen LogP contribution in [0.15, 0.2) is 47.4 Å². The van der Waals surface area contributed by atoms with E-state index in [4.69, 9.17) is 0 Å². The number of amides is 1. The first-order valence-corrected chi connectivity index (χ1v) is 11.2. The molecular weight excluding hydrogens is 382 g/mol. The van der Waals surface area contributed by atoms with Crippen LogP contribution in [-0.2, 0) is 14.6 Å². The Labute approximate surface area is 162 Å². The lowest BCUT2D eigenvalue weighted by atomic mass is 10.2. The third-order valence-corrected chi connectivity index (χ3v) is 6.37. The minimum atomic E-state index is -3.25. The molecule has 142 valence electrons. The monoisotopic (exact) mass is 403 g/mol. The van der Waals surface area contributed by atoms with E-state index in [0.29, 0.717) is 11.6 Å². The van der Waals surface area contributed by atoms with Gasteiger partial charge in [0.2, 0.25) is 5.91 Å². The van der Waals surface area contributed by atoms with E-state index >= 15 is 0 Å². The fraction of sp³-hybridized carbons (Fsp3) is 0.263. The van der Waals surface area contributed by atoms with Gasteiger partial charge in [-0.05, 0) is 42.5 Å². The summed E-state index contributed by atoms with van der Waals surface area (Å²) in [5.74, 6) is 0.174. The van der Waals surface area contributed by atoms with Crippen LogP contribution < -0.4 is 10.6 Å². The lowest BCUT2D eigenvalue weighted by molar-refractivity contribution is -0.114. The smallest absolute Gasteiger partial charge is 0.243 e. The van der Waals surface area contributed by atoms with Crippen LogP contribution in [0.2, 0.25) is 0 Å². The second-order valence-corrected chi connectivity index (χ2v) is 9.67. The molecule has 0 atom stereocenters. The van der Waals surface area contributed by atoms with Crippen molar-refractivity contribution in [3.63, 3.8) is 0 Å². The van der Waals surface area contributed by atoms with Gasteiger partial charge in [0, 0.05) is 23.5 Å². The summed E-state index contributed by atoms with van der Waals surface area (Å²) in [4.78, 5) is 16.9. The van der Waals surface area contributed by atoms with Gasteiger partial charge in [0.1, 0.15) is 0 Å².